The molecule has 10 heteroatoms. The Bertz CT molecular complexity index is 1120. The molecular formula is C26H32FN3O6. The van der Waals surface area contributed by atoms with E-state index >= 15 is 0 Å². The minimum Gasteiger partial charge on any atom is -0.507 e. The molecule has 2 aliphatic heterocycles. The van der Waals surface area contributed by atoms with Crippen molar-refractivity contribution in [3.05, 3.63) is 58.9 Å². The number of piperidine rings is 1. The third-order valence-corrected chi connectivity index (χ3v) is 7.10. The second-order valence-electron chi connectivity index (χ2n) is 9.21. The molecule has 9 nitrogen and oxygen atoms in total. The second kappa shape index (κ2) is 10.8. The lowest BCUT2D eigenvalue weighted by Gasteiger charge is -2.42. The van der Waals surface area contributed by atoms with Gasteiger partial charge in [0.25, 0.3) is 5.91 Å². The number of aliphatic hydroxyl groups excluding tert-OH is 1. The Labute approximate surface area is 209 Å². The topological polar surface area (TPSA) is 103 Å². The molecule has 0 saturated carbocycles. The van der Waals surface area contributed by atoms with E-state index in [1.807, 2.05) is 17.0 Å². The van der Waals surface area contributed by atoms with Gasteiger partial charge < -0.3 is 24.6 Å². The fraction of sp³-hybridized carbons (Fsp3) is 0.462. The van der Waals surface area contributed by atoms with E-state index in [9.17, 15) is 24.2 Å². The highest BCUT2D eigenvalue weighted by Crippen LogP contribution is 2.39. The van der Waals surface area contributed by atoms with Crippen molar-refractivity contribution in [3.8, 4) is 11.5 Å². The SMILES string of the molecule is COCCN1C(=O)N(Cc2cccc(OC)c2)C(=O)C12CCN(Cc1cc(F)cc(CO)c1O)CC2. The first-order valence-corrected chi connectivity index (χ1v) is 11.9. The number of carbonyl (C=O) groups excluding carboxylic acids is 2. The van der Waals surface area contributed by atoms with Gasteiger partial charge in [-0.05, 0) is 42.7 Å². The fourth-order valence-electron chi connectivity index (χ4n) is 5.13. The molecule has 0 bridgehead atoms. The molecule has 2 fully saturated rings. The molecule has 0 radical (unpaired) electrons. The second-order valence-corrected chi connectivity index (χ2v) is 9.21. The van der Waals surface area contributed by atoms with Gasteiger partial charge in [-0.25, -0.2) is 9.18 Å². The Morgan fingerprint density at radius 2 is 1.78 bits per heavy atom. The molecule has 0 atom stereocenters. The van der Waals surface area contributed by atoms with Crippen molar-refractivity contribution in [1.82, 2.24) is 14.7 Å². The predicted molar refractivity (Wildman–Crippen MR) is 129 cm³/mol. The first-order chi connectivity index (χ1) is 17.3. The summed E-state index contributed by atoms with van der Waals surface area (Å²) in [6, 6.07) is 9.30. The van der Waals surface area contributed by atoms with Gasteiger partial charge >= 0.3 is 6.03 Å². The molecule has 36 heavy (non-hydrogen) atoms. The molecule has 194 valence electrons. The molecule has 4 rings (SSSR count). The molecule has 0 aliphatic carbocycles. The van der Waals surface area contributed by atoms with Crippen molar-refractivity contribution < 1.29 is 33.7 Å². The summed E-state index contributed by atoms with van der Waals surface area (Å²) < 4.78 is 24.5. The number of rotatable bonds is 9. The number of hydrogen-bond acceptors (Lipinski definition) is 7. The minimum absolute atomic E-state index is 0.127. The summed E-state index contributed by atoms with van der Waals surface area (Å²) in [5, 5.41) is 19.8. The summed E-state index contributed by atoms with van der Waals surface area (Å²) >= 11 is 0. The maximum absolute atomic E-state index is 14.0. The van der Waals surface area contributed by atoms with Gasteiger partial charge in [-0.3, -0.25) is 14.6 Å². The molecule has 2 N–H and O–H groups in total. The van der Waals surface area contributed by atoms with E-state index in [4.69, 9.17) is 9.47 Å². The molecule has 2 heterocycles. The van der Waals surface area contributed by atoms with Gasteiger partial charge in [0.1, 0.15) is 22.9 Å². The molecule has 2 aromatic rings. The lowest BCUT2D eigenvalue weighted by molar-refractivity contribution is -0.136. The van der Waals surface area contributed by atoms with Gasteiger partial charge in [-0.15, -0.1) is 0 Å². The largest absolute Gasteiger partial charge is 0.507 e. The minimum atomic E-state index is -0.981. The fourth-order valence-corrected chi connectivity index (χ4v) is 5.13. The van der Waals surface area contributed by atoms with Crippen molar-refractivity contribution in [2.24, 2.45) is 0 Å². The monoisotopic (exact) mass is 501 g/mol. The predicted octanol–water partition coefficient (Wildman–Crippen LogP) is 2.48. The van der Waals surface area contributed by atoms with Gasteiger partial charge in [0.2, 0.25) is 0 Å². The molecule has 3 amide bonds. The van der Waals surface area contributed by atoms with Gasteiger partial charge in [0.05, 0.1) is 26.9 Å². The van der Waals surface area contributed by atoms with Gasteiger partial charge in [0, 0.05) is 44.4 Å². The maximum atomic E-state index is 14.0. The summed E-state index contributed by atoms with van der Waals surface area (Å²) in [5.74, 6) is -0.244. The summed E-state index contributed by atoms with van der Waals surface area (Å²) in [4.78, 5) is 32.1. The van der Waals surface area contributed by atoms with E-state index in [2.05, 4.69) is 0 Å². The number of phenols is 1. The highest BCUT2D eigenvalue weighted by molar-refractivity contribution is 6.07. The molecular weight excluding hydrogens is 469 g/mol. The highest BCUT2D eigenvalue weighted by atomic mass is 19.1. The van der Waals surface area contributed by atoms with Crippen LogP contribution in [0.5, 0.6) is 11.5 Å². The normalized spacial score (nSPS) is 17.9. The standard InChI is InChI=1S/C26H32FN3O6/c1-35-11-10-30-25(34)29(15-18-4-3-5-22(12-18)36-2)24(33)26(30)6-8-28(9-7-26)16-19-13-21(27)14-20(17-31)23(19)32/h3-5,12-14,31-32H,6-11,15-17H2,1-2H3. The first-order valence-electron chi connectivity index (χ1n) is 11.9. The van der Waals surface area contributed by atoms with Gasteiger partial charge in [-0.2, -0.15) is 0 Å². The summed E-state index contributed by atoms with van der Waals surface area (Å²) in [6.45, 7) is 1.48. The number of carbonyl (C=O) groups is 2. The quantitative estimate of drug-likeness (QED) is 0.509. The molecule has 0 aromatic heterocycles. The van der Waals surface area contributed by atoms with Crippen LogP contribution < -0.4 is 4.74 Å². The number of benzene rings is 2. The summed E-state index contributed by atoms with van der Waals surface area (Å²) in [6.07, 6.45) is 0.803. The van der Waals surface area contributed by atoms with Crippen molar-refractivity contribution in [2.45, 2.75) is 38.1 Å². The Balaban J connectivity index is 1.52. The molecule has 2 saturated heterocycles. The van der Waals surface area contributed by atoms with Crippen LogP contribution in [0.25, 0.3) is 0 Å². The van der Waals surface area contributed by atoms with E-state index in [1.54, 1.807) is 31.3 Å². The van der Waals surface area contributed by atoms with Crippen LogP contribution in [0.15, 0.2) is 36.4 Å². The van der Waals surface area contributed by atoms with E-state index < -0.39 is 18.0 Å². The van der Waals surface area contributed by atoms with E-state index in [0.29, 0.717) is 50.4 Å². The number of imide groups is 1. The number of ether oxygens (including phenoxy) is 2. The average Bonchev–Trinajstić information content (AvgIpc) is 3.07. The number of nitrogens with zero attached hydrogens (tertiary/aromatic N) is 3. The first kappa shape index (κ1) is 25.9. The summed E-state index contributed by atoms with van der Waals surface area (Å²) in [5.41, 5.74) is 0.317. The Morgan fingerprint density at radius 3 is 2.44 bits per heavy atom. The van der Waals surface area contributed by atoms with Crippen LogP contribution in [0.1, 0.15) is 29.5 Å². The zero-order chi connectivity index (χ0) is 25.9. The van der Waals surface area contributed by atoms with E-state index in [-0.39, 0.29) is 36.3 Å². The Hall–Kier alpha value is -3.21. The summed E-state index contributed by atoms with van der Waals surface area (Å²) in [7, 11) is 3.12. The van der Waals surface area contributed by atoms with Crippen LogP contribution in [-0.2, 0) is 29.2 Å². The van der Waals surface area contributed by atoms with Crippen molar-refractivity contribution in [1.29, 1.82) is 0 Å². The number of aromatic hydroxyl groups is 1. The lowest BCUT2D eigenvalue weighted by atomic mass is 9.85. The zero-order valence-corrected chi connectivity index (χ0v) is 20.6. The van der Waals surface area contributed by atoms with Crippen LogP contribution in [0.2, 0.25) is 0 Å². The number of likely N-dealkylation sites (tertiary alicyclic amines) is 1. The maximum Gasteiger partial charge on any atom is 0.328 e. The van der Waals surface area contributed by atoms with Crippen molar-refractivity contribution in [2.75, 3.05) is 40.5 Å². The van der Waals surface area contributed by atoms with E-state index in [1.165, 1.54) is 11.0 Å². The highest BCUT2D eigenvalue weighted by Gasteiger charge is 2.57. The molecule has 0 unspecified atom stereocenters. The van der Waals surface area contributed by atoms with Crippen molar-refractivity contribution >= 4 is 11.9 Å². The zero-order valence-electron chi connectivity index (χ0n) is 20.6. The third-order valence-electron chi connectivity index (χ3n) is 7.10. The number of urea groups is 1. The number of aliphatic hydroxyl groups is 1. The van der Waals surface area contributed by atoms with Crippen LogP contribution in [0.3, 0.4) is 0 Å². The van der Waals surface area contributed by atoms with Crippen LogP contribution in [-0.4, -0.2) is 82.9 Å². The van der Waals surface area contributed by atoms with Crippen molar-refractivity contribution in [3.63, 3.8) is 0 Å². The molecule has 1 spiro atoms. The number of amides is 3. The lowest BCUT2D eigenvalue weighted by Crippen LogP contribution is -2.57. The third kappa shape index (κ3) is 4.88. The number of methoxy groups -OCH3 is 2. The molecule has 2 aromatic carbocycles. The Kier molecular flexibility index (Phi) is 7.77. The molecule has 2 aliphatic rings. The van der Waals surface area contributed by atoms with Crippen LogP contribution in [0.4, 0.5) is 9.18 Å². The van der Waals surface area contributed by atoms with Gasteiger partial charge in [0.15, 0.2) is 0 Å². The van der Waals surface area contributed by atoms with Crippen LogP contribution in [0, 0.1) is 5.82 Å². The smallest absolute Gasteiger partial charge is 0.328 e. The number of halogens is 1. The number of hydrogen-bond donors (Lipinski definition) is 2. The average molecular weight is 502 g/mol. The van der Waals surface area contributed by atoms with Gasteiger partial charge in [-0.1, -0.05) is 12.1 Å². The van der Waals surface area contributed by atoms with Crippen LogP contribution >= 0.6 is 0 Å². The van der Waals surface area contributed by atoms with E-state index in [0.717, 1.165) is 11.6 Å². The Morgan fingerprint density at radius 1 is 1.06 bits per heavy atom.